The Morgan fingerprint density at radius 2 is 1.86 bits per heavy atom. The van der Waals surface area contributed by atoms with Gasteiger partial charge in [-0.3, -0.25) is 9.59 Å². The molecule has 0 aliphatic carbocycles. The van der Waals surface area contributed by atoms with E-state index < -0.39 is 5.91 Å². The Balaban J connectivity index is 1.92. The van der Waals surface area contributed by atoms with Crippen LogP contribution in [0.1, 0.15) is 19.8 Å². The van der Waals surface area contributed by atoms with Crippen molar-refractivity contribution in [2.45, 2.75) is 19.8 Å². The topological polar surface area (TPSA) is 40.6 Å². The van der Waals surface area contributed by atoms with Gasteiger partial charge in [0.1, 0.15) is 10.7 Å². The Labute approximate surface area is 129 Å². The monoisotopic (exact) mass is 304 g/mol. The van der Waals surface area contributed by atoms with Crippen LogP contribution in [-0.2, 0) is 9.59 Å². The molecule has 110 valence electrons. The summed E-state index contributed by atoms with van der Waals surface area (Å²) in [6, 6.07) is 8.91. The molecule has 0 spiro atoms. The van der Waals surface area contributed by atoms with Gasteiger partial charge in [0.25, 0.3) is 11.8 Å². The van der Waals surface area contributed by atoms with Crippen molar-refractivity contribution in [1.29, 1.82) is 0 Å². The van der Waals surface area contributed by atoms with Gasteiger partial charge in [0.2, 0.25) is 0 Å². The van der Waals surface area contributed by atoms with E-state index in [4.69, 9.17) is 11.6 Å². The molecule has 0 radical (unpaired) electrons. The lowest BCUT2D eigenvalue weighted by Crippen LogP contribution is -2.39. The Bertz CT molecular complexity index is 612. The van der Waals surface area contributed by atoms with Crippen molar-refractivity contribution in [3.05, 3.63) is 41.1 Å². The van der Waals surface area contributed by atoms with Gasteiger partial charge in [0.15, 0.2) is 0 Å². The van der Waals surface area contributed by atoms with E-state index in [1.54, 1.807) is 24.3 Å². The van der Waals surface area contributed by atoms with Crippen molar-refractivity contribution < 1.29 is 9.59 Å². The average Bonchev–Trinajstić information content (AvgIpc) is 2.70. The number of hydrogen-bond acceptors (Lipinski definition) is 3. The molecule has 1 aromatic rings. The molecule has 1 fully saturated rings. The molecule has 21 heavy (non-hydrogen) atoms. The lowest BCUT2D eigenvalue weighted by molar-refractivity contribution is -0.121. The number of para-hydroxylation sites is 1. The first kappa shape index (κ1) is 14.1. The maximum Gasteiger partial charge on any atom is 0.283 e. The summed E-state index contributed by atoms with van der Waals surface area (Å²) in [5, 5.41) is 0.0398. The molecule has 2 amide bonds. The van der Waals surface area contributed by atoms with Crippen molar-refractivity contribution >= 4 is 29.1 Å². The lowest BCUT2D eigenvalue weighted by atomic mass is 10.00. The van der Waals surface area contributed by atoms with Gasteiger partial charge in [-0.25, -0.2) is 4.90 Å². The molecule has 3 rings (SSSR count). The van der Waals surface area contributed by atoms with E-state index >= 15 is 0 Å². The molecular weight excluding hydrogens is 288 g/mol. The number of carbonyl (C=O) groups is 2. The molecule has 1 saturated heterocycles. The zero-order valence-corrected chi connectivity index (χ0v) is 12.6. The fraction of sp³-hybridized carbons (Fsp3) is 0.375. The lowest BCUT2D eigenvalue weighted by Gasteiger charge is -2.33. The predicted molar refractivity (Wildman–Crippen MR) is 81.8 cm³/mol. The van der Waals surface area contributed by atoms with Crippen LogP contribution < -0.4 is 4.90 Å². The van der Waals surface area contributed by atoms with Crippen LogP contribution in [0.5, 0.6) is 0 Å². The van der Waals surface area contributed by atoms with Crippen LogP contribution in [0.15, 0.2) is 41.1 Å². The number of likely N-dealkylation sites (tertiary alicyclic amines) is 1. The second-order valence-corrected chi connectivity index (χ2v) is 6.02. The minimum Gasteiger partial charge on any atom is -0.365 e. The minimum atomic E-state index is -0.430. The number of imide groups is 1. The second-order valence-electron chi connectivity index (χ2n) is 5.64. The van der Waals surface area contributed by atoms with E-state index in [1.807, 2.05) is 11.0 Å². The Kier molecular flexibility index (Phi) is 3.72. The number of halogens is 1. The van der Waals surface area contributed by atoms with Crippen LogP contribution in [0, 0.1) is 5.92 Å². The van der Waals surface area contributed by atoms with Gasteiger partial charge in [-0.2, -0.15) is 0 Å². The van der Waals surface area contributed by atoms with Gasteiger partial charge in [0, 0.05) is 13.1 Å². The van der Waals surface area contributed by atoms with Gasteiger partial charge in [-0.05, 0) is 30.9 Å². The maximum absolute atomic E-state index is 12.7. The fourth-order valence-corrected chi connectivity index (χ4v) is 3.25. The highest BCUT2D eigenvalue weighted by atomic mass is 35.5. The molecule has 5 heteroatoms. The normalized spacial score (nSPS) is 23.2. The average molecular weight is 305 g/mol. The smallest absolute Gasteiger partial charge is 0.283 e. The van der Waals surface area contributed by atoms with Crippen molar-refractivity contribution in [1.82, 2.24) is 4.90 Å². The molecule has 0 saturated carbocycles. The maximum atomic E-state index is 12.7. The molecular formula is C16H17ClN2O2. The fourth-order valence-electron chi connectivity index (χ4n) is 2.97. The molecule has 1 atom stereocenters. The van der Waals surface area contributed by atoms with Gasteiger partial charge in [-0.1, -0.05) is 36.7 Å². The first-order valence-corrected chi connectivity index (χ1v) is 7.56. The number of benzene rings is 1. The largest absolute Gasteiger partial charge is 0.365 e. The zero-order chi connectivity index (χ0) is 15.0. The number of amides is 2. The third-order valence-electron chi connectivity index (χ3n) is 3.99. The summed E-state index contributed by atoms with van der Waals surface area (Å²) in [5.74, 6) is -0.240. The van der Waals surface area contributed by atoms with E-state index in [1.165, 1.54) is 0 Å². The van der Waals surface area contributed by atoms with Gasteiger partial charge in [0.05, 0.1) is 5.69 Å². The number of hydrogen-bond donors (Lipinski definition) is 0. The Hall–Kier alpha value is -1.81. The van der Waals surface area contributed by atoms with Crippen molar-refractivity contribution in [3.8, 4) is 0 Å². The SMILES string of the molecule is CC1CCCN(C2=C(Cl)C(=O)N(c3ccccc3)C2=O)C1. The molecule has 4 nitrogen and oxygen atoms in total. The molecule has 1 aromatic carbocycles. The summed E-state index contributed by atoms with van der Waals surface area (Å²) in [5.41, 5.74) is 0.919. The van der Waals surface area contributed by atoms with Crippen LogP contribution in [0.4, 0.5) is 5.69 Å². The summed E-state index contributed by atoms with van der Waals surface area (Å²) in [7, 11) is 0. The summed E-state index contributed by atoms with van der Waals surface area (Å²) < 4.78 is 0. The predicted octanol–water partition coefficient (Wildman–Crippen LogP) is 2.74. The minimum absolute atomic E-state index is 0.0398. The van der Waals surface area contributed by atoms with Crippen LogP contribution in [0.3, 0.4) is 0 Å². The zero-order valence-electron chi connectivity index (χ0n) is 11.9. The third kappa shape index (κ3) is 2.44. The van der Waals surface area contributed by atoms with Gasteiger partial charge >= 0.3 is 0 Å². The van der Waals surface area contributed by atoms with E-state index in [9.17, 15) is 9.59 Å². The highest BCUT2D eigenvalue weighted by Gasteiger charge is 2.41. The van der Waals surface area contributed by atoms with Crippen molar-refractivity contribution in [2.75, 3.05) is 18.0 Å². The molecule has 0 aromatic heterocycles. The molecule has 1 unspecified atom stereocenters. The number of anilines is 1. The van der Waals surface area contributed by atoms with Gasteiger partial charge < -0.3 is 4.90 Å². The molecule has 2 aliphatic rings. The van der Waals surface area contributed by atoms with Crippen molar-refractivity contribution in [3.63, 3.8) is 0 Å². The summed E-state index contributed by atoms with van der Waals surface area (Å²) in [4.78, 5) is 28.1. The van der Waals surface area contributed by atoms with Crippen molar-refractivity contribution in [2.24, 2.45) is 5.92 Å². The number of carbonyl (C=O) groups excluding carboxylic acids is 2. The van der Waals surface area contributed by atoms with Crippen LogP contribution in [0.25, 0.3) is 0 Å². The van der Waals surface area contributed by atoms with E-state index in [0.717, 1.165) is 30.8 Å². The van der Waals surface area contributed by atoms with Crippen LogP contribution >= 0.6 is 11.6 Å². The van der Waals surface area contributed by atoms with Crippen LogP contribution in [0.2, 0.25) is 0 Å². The van der Waals surface area contributed by atoms with E-state index in [0.29, 0.717) is 17.3 Å². The van der Waals surface area contributed by atoms with E-state index in [2.05, 4.69) is 6.92 Å². The van der Waals surface area contributed by atoms with Gasteiger partial charge in [-0.15, -0.1) is 0 Å². The third-order valence-corrected chi connectivity index (χ3v) is 4.33. The standard InChI is InChI=1S/C16H17ClN2O2/c1-11-6-5-9-18(10-11)14-13(17)15(20)19(16(14)21)12-7-3-2-4-8-12/h2-4,7-8,11H,5-6,9-10H2,1H3. The summed E-state index contributed by atoms with van der Waals surface area (Å²) >= 11 is 6.18. The second kappa shape index (κ2) is 5.53. The highest BCUT2D eigenvalue weighted by Crippen LogP contribution is 2.33. The molecule has 2 heterocycles. The molecule has 0 N–H and O–H groups in total. The molecule has 0 bridgehead atoms. The highest BCUT2D eigenvalue weighted by molar-refractivity contribution is 6.52. The Morgan fingerprint density at radius 3 is 2.52 bits per heavy atom. The van der Waals surface area contributed by atoms with E-state index in [-0.39, 0.29) is 10.9 Å². The first-order chi connectivity index (χ1) is 10.1. The number of rotatable bonds is 2. The summed E-state index contributed by atoms with van der Waals surface area (Å²) in [6.07, 6.45) is 2.16. The summed E-state index contributed by atoms with van der Waals surface area (Å²) in [6.45, 7) is 3.70. The Morgan fingerprint density at radius 1 is 1.14 bits per heavy atom. The van der Waals surface area contributed by atoms with Crippen LogP contribution in [-0.4, -0.2) is 29.8 Å². The number of nitrogens with zero attached hydrogens (tertiary/aromatic N) is 2. The molecule has 2 aliphatic heterocycles. The first-order valence-electron chi connectivity index (χ1n) is 7.18. The quantitative estimate of drug-likeness (QED) is 0.789. The number of piperidine rings is 1.